The molecule has 0 aliphatic carbocycles. The third kappa shape index (κ3) is 7.36. The molecule has 0 aliphatic rings. The molecule has 0 radical (unpaired) electrons. The third-order valence-corrected chi connectivity index (χ3v) is 6.68. The number of hydrogen-bond acceptors (Lipinski definition) is 6. The molecule has 6 nitrogen and oxygen atoms in total. The Morgan fingerprint density at radius 2 is 1.55 bits per heavy atom. The highest BCUT2D eigenvalue weighted by molar-refractivity contribution is 7.53. The first-order valence-electron chi connectivity index (χ1n) is 10.7. The van der Waals surface area contributed by atoms with Crippen molar-refractivity contribution in [2.75, 3.05) is 33.5 Å². The molecule has 0 atom stereocenters. The van der Waals surface area contributed by atoms with E-state index in [1.54, 1.807) is 21.0 Å². The largest absolute Gasteiger partial charge is 0.481 e. The zero-order valence-corrected chi connectivity index (χ0v) is 20.4. The van der Waals surface area contributed by atoms with Crippen LogP contribution in [-0.2, 0) is 31.2 Å². The summed E-state index contributed by atoms with van der Waals surface area (Å²) in [5.74, 6) is 1.52. The van der Waals surface area contributed by atoms with Crippen LogP contribution in [0, 0.1) is 13.8 Å². The van der Waals surface area contributed by atoms with E-state index in [4.69, 9.17) is 23.3 Å². The van der Waals surface area contributed by atoms with Crippen molar-refractivity contribution in [1.29, 1.82) is 0 Å². The smallest absolute Gasteiger partial charge is 0.367 e. The van der Waals surface area contributed by atoms with Crippen LogP contribution >= 0.6 is 7.60 Å². The number of benzene rings is 2. The van der Waals surface area contributed by atoms with Crippen LogP contribution in [0.2, 0.25) is 0 Å². The van der Waals surface area contributed by atoms with E-state index in [-0.39, 0.29) is 13.1 Å². The van der Waals surface area contributed by atoms with Gasteiger partial charge in [-0.2, -0.15) is 0 Å². The monoisotopic (exact) mass is 450 g/mol. The van der Waals surface area contributed by atoms with E-state index in [0.717, 1.165) is 35.3 Å². The van der Waals surface area contributed by atoms with Crippen LogP contribution in [0.4, 0.5) is 0 Å². The van der Waals surface area contributed by atoms with Gasteiger partial charge < -0.3 is 23.3 Å². The van der Waals surface area contributed by atoms with Crippen molar-refractivity contribution < 1.29 is 27.8 Å². The fourth-order valence-electron chi connectivity index (χ4n) is 3.46. The summed E-state index contributed by atoms with van der Waals surface area (Å²) in [6.07, 6.45) is 1.60. The summed E-state index contributed by atoms with van der Waals surface area (Å²) in [5.41, 5.74) is 5.87. The fourth-order valence-corrected chi connectivity index (χ4v) is 4.78. The van der Waals surface area contributed by atoms with Gasteiger partial charge in [-0.1, -0.05) is 19.1 Å². The van der Waals surface area contributed by atoms with Gasteiger partial charge in [-0.25, -0.2) is 0 Å². The maximum atomic E-state index is 12.6. The Morgan fingerprint density at radius 3 is 2.10 bits per heavy atom. The zero-order chi connectivity index (χ0) is 22.9. The van der Waals surface area contributed by atoms with Crippen molar-refractivity contribution in [1.82, 2.24) is 0 Å². The Kier molecular flexibility index (Phi) is 10.0. The quantitative estimate of drug-likeness (QED) is 0.274. The molecule has 31 heavy (non-hydrogen) atoms. The molecule has 0 bridgehead atoms. The number of methoxy groups -OCH3 is 1. The second-order valence-corrected chi connectivity index (χ2v) is 9.28. The van der Waals surface area contributed by atoms with E-state index in [9.17, 15) is 4.57 Å². The SMILES string of the molecule is CCOP(=O)(COc1cc(C)c(Cc2ccc(OCOC)c(CC)c2)c(C)c1)OCC. The normalized spacial score (nSPS) is 11.5. The second kappa shape index (κ2) is 12.3. The highest BCUT2D eigenvalue weighted by Gasteiger charge is 2.25. The van der Waals surface area contributed by atoms with Crippen LogP contribution in [-0.4, -0.2) is 33.5 Å². The number of ether oxygens (including phenoxy) is 3. The van der Waals surface area contributed by atoms with Gasteiger partial charge in [-0.15, -0.1) is 0 Å². The van der Waals surface area contributed by atoms with Gasteiger partial charge in [0.1, 0.15) is 11.5 Å². The van der Waals surface area contributed by atoms with Crippen molar-refractivity contribution >= 4 is 7.60 Å². The van der Waals surface area contributed by atoms with Gasteiger partial charge >= 0.3 is 7.60 Å². The van der Waals surface area contributed by atoms with Crippen molar-refractivity contribution in [2.24, 2.45) is 0 Å². The molecule has 2 aromatic rings. The number of rotatable bonds is 13. The number of hydrogen-bond donors (Lipinski definition) is 0. The molecule has 0 saturated carbocycles. The van der Waals surface area contributed by atoms with E-state index >= 15 is 0 Å². The molecule has 0 spiro atoms. The third-order valence-electron chi connectivity index (χ3n) is 4.93. The predicted octanol–water partition coefficient (Wildman–Crippen LogP) is 6.04. The molecule has 2 rings (SSSR count). The average Bonchev–Trinajstić information content (AvgIpc) is 2.74. The van der Waals surface area contributed by atoms with Gasteiger partial charge in [0.15, 0.2) is 13.1 Å². The van der Waals surface area contributed by atoms with Crippen LogP contribution in [0.25, 0.3) is 0 Å². The van der Waals surface area contributed by atoms with E-state index in [2.05, 4.69) is 32.9 Å². The van der Waals surface area contributed by atoms with Crippen molar-refractivity contribution in [2.45, 2.75) is 47.5 Å². The Hall–Kier alpha value is -1.85. The van der Waals surface area contributed by atoms with E-state index in [0.29, 0.717) is 19.0 Å². The summed E-state index contributed by atoms with van der Waals surface area (Å²) in [6, 6.07) is 10.2. The predicted molar refractivity (Wildman–Crippen MR) is 123 cm³/mol. The van der Waals surface area contributed by atoms with Gasteiger partial charge in [0.05, 0.1) is 13.2 Å². The first-order valence-corrected chi connectivity index (χ1v) is 12.4. The maximum absolute atomic E-state index is 12.6. The van der Waals surface area contributed by atoms with Crippen LogP contribution in [0.1, 0.15) is 48.6 Å². The topological polar surface area (TPSA) is 63.2 Å². The second-order valence-electron chi connectivity index (χ2n) is 7.28. The van der Waals surface area contributed by atoms with Crippen molar-refractivity contribution in [3.05, 3.63) is 58.1 Å². The molecule has 172 valence electrons. The van der Waals surface area contributed by atoms with Gasteiger partial charge in [0.25, 0.3) is 0 Å². The van der Waals surface area contributed by atoms with E-state index < -0.39 is 7.60 Å². The molecule has 0 saturated heterocycles. The maximum Gasteiger partial charge on any atom is 0.367 e. The Bertz CT molecular complexity index is 863. The van der Waals surface area contributed by atoms with Crippen LogP contribution in [0.5, 0.6) is 11.5 Å². The lowest BCUT2D eigenvalue weighted by Crippen LogP contribution is -2.06. The minimum Gasteiger partial charge on any atom is -0.481 e. The molecule has 0 aliphatic heterocycles. The summed E-state index contributed by atoms with van der Waals surface area (Å²) in [7, 11) is -1.63. The summed E-state index contributed by atoms with van der Waals surface area (Å²) in [6.45, 7) is 10.7. The molecule has 0 N–H and O–H groups in total. The Morgan fingerprint density at radius 1 is 0.903 bits per heavy atom. The van der Waals surface area contributed by atoms with Crippen molar-refractivity contribution in [3.8, 4) is 11.5 Å². The molecular formula is C24H35O6P. The lowest BCUT2D eigenvalue weighted by molar-refractivity contribution is 0.0504. The zero-order valence-electron chi connectivity index (χ0n) is 19.5. The first-order chi connectivity index (χ1) is 14.9. The minimum atomic E-state index is -3.25. The minimum absolute atomic E-state index is 0.101. The molecule has 0 heterocycles. The van der Waals surface area contributed by atoms with Gasteiger partial charge in [0, 0.05) is 7.11 Å². The summed E-state index contributed by atoms with van der Waals surface area (Å²) >= 11 is 0. The molecule has 0 fully saturated rings. The molecule has 2 aromatic carbocycles. The summed E-state index contributed by atoms with van der Waals surface area (Å²) < 4.78 is 39.7. The number of aryl methyl sites for hydroxylation is 3. The van der Waals surface area contributed by atoms with Crippen molar-refractivity contribution in [3.63, 3.8) is 0 Å². The standard InChI is InChI=1S/C24H35O6P/c1-7-21-14-20(10-11-24(21)27-16-26-6)15-23-18(4)12-22(13-19(23)5)28-17-31(25,29-8-2)30-9-3/h10-14H,7-9,15-17H2,1-6H3. The van der Waals surface area contributed by atoms with Gasteiger partial charge in [-0.05, 0) is 86.6 Å². The van der Waals surface area contributed by atoms with E-state index in [1.807, 2.05) is 18.2 Å². The molecule has 0 aromatic heterocycles. The fraction of sp³-hybridized carbons (Fsp3) is 0.500. The lowest BCUT2D eigenvalue weighted by Gasteiger charge is -2.19. The van der Waals surface area contributed by atoms with Crippen LogP contribution in [0.3, 0.4) is 0 Å². The highest BCUT2D eigenvalue weighted by Crippen LogP contribution is 2.48. The highest BCUT2D eigenvalue weighted by atomic mass is 31.2. The van der Waals surface area contributed by atoms with Gasteiger partial charge in [-0.3, -0.25) is 4.57 Å². The van der Waals surface area contributed by atoms with Crippen LogP contribution < -0.4 is 9.47 Å². The summed E-state index contributed by atoms with van der Waals surface area (Å²) in [4.78, 5) is 0. The Labute approximate surface area is 186 Å². The van der Waals surface area contributed by atoms with Gasteiger partial charge in [0.2, 0.25) is 0 Å². The molecule has 7 heteroatoms. The average molecular weight is 451 g/mol. The molecule has 0 unspecified atom stereocenters. The molecule has 0 amide bonds. The van der Waals surface area contributed by atoms with Crippen LogP contribution in [0.15, 0.2) is 30.3 Å². The molecular weight excluding hydrogens is 415 g/mol. The first kappa shape index (κ1) is 25.4. The van der Waals surface area contributed by atoms with E-state index in [1.165, 1.54) is 11.1 Å². The Balaban J connectivity index is 2.16. The lowest BCUT2D eigenvalue weighted by atomic mass is 9.94. The summed E-state index contributed by atoms with van der Waals surface area (Å²) in [5, 5.41) is 0.